The van der Waals surface area contributed by atoms with Gasteiger partial charge in [0.1, 0.15) is 0 Å². The Kier molecular flexibility index (Phi) is 5.34. The fourth-order valence-electron chi connectivity index (χ4n) is 3.52. The number of nitrogens with zero attached hydrogens (tertiary/aromatic N) is 2. The maximum Gasteiger partial charge on any atom is 0.223 e. The highest BCUT2D eigenvalue weighted by atomic mass is 16.4. The minimum atomic E-state index is 0.213. The van der Waals surface area contributed by atoms with Crippen molar-refractivity contribution in [1.29, 1.82) is 0 Å². The summed E-state index contributed by atoms with van der Waals surface area (Å²) < 4.78 is 5.79. The van der Waals surface area contributed by atoms with Crippen LogP contribution in [0.2, 0.25) is 0 Å². The molecular formula is C21H27N3O2. The van der Waals surface area contributed by atoms with E-state index in [1.165, 1.54) is 12.8 Å². The van der Waals surface area contributed by atoms with Crippen LogP contribution in [0.25, 0.3) is 11.3 Å². The minimum absolute atomic E-state index is 0.213. The zero-order chi connectivity index (χ0) is 17.8. The van der Waals surface area contributed by atoms with Gasteiger partial charge in [-0.15, -0.1) is 0 Å². The van der Waals surface area contributed by atoms with Gasteiger partial charge in [-0.1, -0.05) is 30.3 Å². The first-order valence-electron chi connectivity index (χ1n) is 9.79. The molecular weight excluding hydrogens is 326 g/mol. The Morgan fingerprint density at radius 2 is 1.92 bits per heavy atom. The van der Waals surface area contributed by atoms with Gasteiger partial charge >= 0.3 is 0 Å². The summed E-state index contributed by atoms with van der Waals surface area (Å²) in [6.45, 7) is 2.89. The maximum atomic E-state index is 12.5. The van der Waals surface area contributed by atoms with Crippen LogP contribution in [0.5, 0.6) is 0 Å². The first-order chi connectivity index (χ1) is 12.8. The molecule has 1 aromatic heterocycles. The molecule has 138 valence electrons. The van der Waals surface area contributed by atoms with E-state index in [1.807, 2.05) is 35.2 Å². The molecule has 1 saturated carbocycles. The Bertz CT molecular complexity index is 716. The molecule has 1 amide bonds. The molecule has 1 saturated heterocycles. The molecule has 5 nitrogen and oxygen atoms in total. The average Bonchev–Trinajstić information content (AvgIpc) is 3.41. The standard InChI is InChI=1S/C21H27N3O2/c25-21(24-12-10-18(11-13-24)22-14-16-6-7-16)9-8-20-23-15-19(26-20)17-4-2-1-3-5-17/h1-5,15-16,18,22H,6-14H2. The number of hydrogen-bond acceptors (Lipinski definition) is 4. The number of hydrogen-bond donors (Lipinski definition) is 1. The first-order valence-corrected chi connectivity index (χ1v) is 9.79. The average molecular weight is 353 g/mol. The third-order valence-corrected chi connectivity index (χ3v) is 5.40. The van der Waals surface area contributed by atoms with E-state index in [4.69, 9.17) is 4.42 Å². The molecule has 4 rings (SSSR count). The lowest BCUT2D eigenvalue weighted by molar-refractivity contribution is -0.132. The predicted molar refractivity (Wildman–Crippen MR) is 101 cm³/mol. The van der Waals surface area contributed by atoms with Crippen LogP contribution in [0.4, 0.5) is 0 Å². The Labute approximate surface area is 154 Å². The quantitative estimate of drug-likeness (QED) is 0.830. The van der Waals surface area contributed by atoms with E-state index in [0.29, 0.717) is 24.8 Å². The number of aromatic nitrogens is 1. The summed E-state index contributed by atoms with van der Waals surface area (Å²) in [6, 6.07) is 10.5. The second kappa shape index (κ2) is 8.04. The molecule has 0 bridgehead atoms. The maximum absolute atomic E-state index is 12.5. The van der Waals surface area contributed by atoms with Crippen molar-refractivity contribution in [1.82, 2.24) is 15.2 Å². The van der Waals surface area contributed by atoms with Gasteiger partial charge in [0.15, 0.2) is 11.7 Å². The smallest absolute Gasteiger partial charge is 0.223 e. The van der Waals surface area contributed by atoms with Crippen molar-refractivity contribution in [3.8, 4) is 11.3 Å². The molecule has 5 heteroatoms. The Balaban J connectivity index is 1.21. The van der Waals surface area contributed by atoms with Crippen LogP contribution in [0.15, 0.2) is 40.9 Å². The molecule has 0 unspecified atom stereocenters. The van der Waals surface area contributed by atoms with Crippen LogP contribution in [0.1, 0.15) is 38.0 Å². The highest BCUT2D eigenvalue weighted by molar-refractivity contribution is 5.76. The predicted octanol–water partition coefficient (Wildman–Crippen LogP) is 3.26. The monoisotopic (exact) mass is 353 g/mol. The highest BCUT2D eigenvalue weighted by Gasteiger charge is 2.26. The SMILES string of the molecule is O=C(CCc1ncc(-c2ccccc2)o1)N1CCC(NCC2CC2)CC1. The van der Waals surface area contributed by atoms with E-state index < -0.39 is 0 Å². The van der Waals surface area contributed by atoms with Crippen LogP contribution in [0, 0.1) is 5.92 Å². The van der Waals surface area contributed by atoms with Crippen molar-refractivity contribution in [2.24, 2.45) is 5.92 Å². The van der Waals surface area contributed by atoms with E-state index in [1.54, 1.807) is 6.20 Å². The van der Waals surface area contributed by atoms with Gasteiger partial charge in [-0.05, 0) is 38.1 Å². The number of carbonyl (C=O) groups is 1. The third-order valence-electron chi connectivity index (χ3n) is 5.40. The molecule has 1 N–H and O–H groups in total. The van der Waals surface area contributed by atoms with Crippen LogP contribution < -0.4 is 5.32 Å². The van der Waals surface area contributed by atoms with Crippen LogP contribution in [-0.2, 0) is 11.2 Å². The van der Waals surface area contributed by atoms with E-state index in [2.05, 4.69) is 10.3 Å². The summed E-state index contributed by atoms with van der Waals surface area (Å²) in [5.74, 6) is 2.52. The van der Waals surface area contributed by atoms with Gasteiger partial charge in [-0.25, -0.2) is 4.98 Å². The van der Waals surface area contributed by atoms with Gasteiger partial charge < -0.3 is 14.6 Å². The normalized spacial score (nSPS) is 18.2. The van der Waals surface area contributed by atoms with Gasteiger partial charge in [-0.3, -0.25) is 4.79 Å². The molecule has 2 heterocycles. The van der Waals surface area contributed by atoms with Crippen molar-refractivity contribution >= 4 is 5.91 Å². The number of rotatable bonds is 7. The van der Waals surface area contributed by atoms with Crippen LogP contribution >= 0.6 is 0 Å². The number of likely N-dealkylation sites (tertiary alicyclic amines) is 1. The summed E-state index contributed by atoms with van der Waals surface area (Å²) in [6.07, 6.45) is 7.67. The van der Waals surface area contributed by atoms with E-state index in [0.717, 1.165) is 49.7 Å². The molecule has 1 aliphatic carbocycles. The van der Waals surface area contributed by atoms with Crippen molar-refractivity contribution < 1.29 is 9.21 Å². The molecule has 1 aromatic carbocycles. The lowest BCUT2D eigenvalue weighted by Gasteiger charge is -2.32. The molecule has 0 atom stereocenters. The summed E-state index contributed by atoms with van der Waals surface area (Å²) in [5.41, 5.74) is 1.01. The van der Waals surface area contributed by atoms with Crippen molar-refractivity contribution in [3.63, 3.8) is 0 Å². The lowest BCUT2D eigenvalue weighted by Crippen LogP contribution is -2.45. The van der Waals surface area contributed by atoms with E-state index in [9.17, 15) is 4.79 Å². The number of amides is 1. The molecule has 1 aliphatic heterocycles. The number of nitrogens with one attached hydrogen (secondary N) is 1. The molecule has 2 aromatic rings. The number of piperidine rings is 1. The lowest BCUT2D eigenvalue weighted by atomic mass is 10.0. The van der Waals surface area contributed by atoms with Crippen molar-refractivity contribution in [3.05, 3.63) is 42.4 Å². The van der Waals surface area contributed by atoms with Gasteiger partial charge in [-0.2, -0.15) is 0 Å². The van der Waals surface area contributed by atoms with Gasteiger partial charge in [0.2, 0.25) is 5.91 Å². The first kappa shape index (κ1) is 17.3. The summed E-state index contributed by atoms with van der Waals surface area (Å²) in [4.78, 5) is 18.8. The summed E-state index contributed by atoms with van der Waals surface area (Å²) in [7, 11) is 0. The van der Waals surface area contributed by atoms with Crippen molar-refractivity contribution in [2.75, 3.05) is 19.6 Å². The number of benzene rings is 1. The van der Waals surface area contributed by atoms with Gasteiger partial charge in [0.05, 0.1) is 6.20 Å². The van der Waals surface area contributed by atoms with Crippen LogP contribution in [-0.4, -0.2) is 41.5 Å². The summed E-state index contributed by atoms with van der Waals surface area (Å²) >= 11 is 0. The number of oxazole rings is 1. The molecule has 2 fully saturated rings. The third kappa shape index (κ3) is 4.52. The largest absolute Gasteiger partial charge is 0.441 e. The second-order valence-corrected chi connectivity index (χ2v) is 7.49. The molecule has 2 aliphatic rings. The minimum Gasteiger partial charge on any atom is -0.441 e. The topological polar surface area (TPSA) is 58.4 Å². The van der Waals surface area contributed by atoms with Gasteiger partial charge in [0, 0.05) is 37.5 Å². The Hall–Kier alpha value is -2.14. The van der Waals surface area contributed by atoms with Crippen molar-refractivity contribution in [2.45, 2.75) is 44.6 Å². The Morgan fingerprint density at radius 3 is 2.65 bits per heavy atom. The molecule has 26 heavy (non-hydrogen) atoms. The highest BCUT2D eigenvalue weighted by Crippen LogP contribution is 2.28. The molecule has 0 radical (unpaired) electrons. The van der Waals surface area contributed by atoms with Gasteiger partial charge in [0.25, 0.3) is 0 Å². The Morgan fingerprint density at radius 1 is 1.15 bits per heavy atom. The fraction of sp³-hybridized carbons (Fsp3) is 0.524. The summed E-state index contributed by atoms with van der Waals surface area (Å²) in [5, 5.41) is 3.66. The zero-order valence-electron chi connectivity index (χ0n) is 15.2. The fourth-order valence-corrected chi connectivity index (χ4v) is 3.52. The van der Waals surface area contributed by atoms with E-state index >= 15 is 0 Å². The zero-order valence-corrected chi connectivity index (χ0v) is 15.2. The van der Waals surface area contributed by atoms with E-state index in [-0.39, 0.29) is 5.91 Å². The number of carbonyl (C=O) groups excluding carboxylic acids is 1. The second-order valence-electron chi connectivity index (χ2n) is 7.49. The number of aryl methyl sites for hydroxylation is 1. The molecule has 0 spiro atoms. The van der Waals surface area contributed by atoms with Crippen LogP contribution in [0.3, 0.4) is 0 Å².